The molecular formula is C16H20O4. The summed E-state index contributed by atoms with van der Waals surface area (Å²) < 4.78 is 20.0. The average Bonchev–Trinajstić information content (AvgIpc) is 2.55. The van der Waals surface area contributed by atoms with Gasteiger partial charge in [0.05, 0.1) is 28.4 Å². The molecule has 0 aliphatic rings. The van der Waals surface area contributed by atoms with Crippen molar-refractivity contribution in [3.05, 3.63) is 48.5 Å². The van der Waals surface area contributed by atoms with Crippen LogP contribution in [0.5, 0.6) is 23.0 Å². The molecule has 0 aliphatic heterocycles. The van der Waals surface area contributed by atoms with Crippen molar-refractivity contribution >= 4 is 0 Å². The van der Waals surface area contributed by atoms with Gasteiger partial charge in [-0.15, -0.1) is 0 Å². The number of benzene rings is 2. The number of ether oxygens (including phenoxy) is 4. The molecule has 0 saturated heterocycles. The Morgan fingerprint density at radius 1 is 0.450 bits per heavy atom. The predicted molar refractivity (Wildman–Crippen MR) is 79.1 cm³/mol. The smallest absolute Gasteiger partial charge is 0.160 e. The first-order valence-corrected chi connectivity index (χ1v) is 6.10. The molecule has 20 heavy (non-hydrogen) atoms. The van der Waals surface area contributed by atoms with E-state index in [1.54, 1.807) is 28.4 Å². The summed E-state index contributed by atoms with van der Waals surface area (Å²) in [6, 6.07) is 15.1. The van der Waals surface area contributed by atoms with E-state index in [4.69, 9.17) is 18.9 Å². The Kier molecular flexibility index (Phi) is 6.82. The molecule has 0 amide bonds. The zero-order valence-corrected chi connectivity index (χ0v) is 12.3. The maximum atomic E-state index is 5.01. The molecule has 4 nitrogen and oxygen atoms in total. The zero-order valence-electron chi connectivity index (χ0n) is 12.3. The lowest BCUT2D eigenvalue weighted by atomic mass is 10.3. The Balaban J connectivity index is 0.000000200. The first-order valence-electron chi connectivity index (χ1n) is 6.10. The number of hydrogen-bond acceptors (Lipinski definition) is 4. The predicted octanol–water partition coefficient (Wildman–Crippen LogP) is 3.41. The first-order chi connectivity index (χ1) is 9.76. The monoisotopic (exact) mass is 276 g/mol. The van der Waals surface area contributed by atoms with Gasteiger partial charge >= 0.3 is 0 Å². The molecule has 0 aliphatic carbocycles. The fourth-order valence-corrected chi connectivity index (χ4v) is 1.57. The van der Waals surface area contributed by atoms with E-state index in [9.17, 15) is 0 Å². The molecule has 0 aromatic heterocycles. The minimum Gasteiger partial charge on any atom is -0.493 e. The molecule has 0 fully saturated rings. The summed E-state index contributed by atoms with van der Waals surface area (Å²) in [4.78, 5) is 0. The summed E-state index contributed by atoms with van der Waals surface area (Å²) >= 11 is 0. The van der Waals surface area contributed by atoms with Crippen molar-refractivity contribution in [1.82, 2.24) is 0 Å². The van der Waals surface area contributed by atoms with Crippen LogP contribution in [0, 0.1) is 0 Å². The van der Waals surface area contributed by atoms with Crippen LogP contribution in [0.25, 0.3) is 0 Å². The summed E-state index contributed by atoms with van der Waals surface area (Å²) in [6.45, 7) is 0. The fraction of sp³-hybridized carbons (Fsp3) is 0.250. The van der Waals surface area contributed by atoms with Crippen LogP contribution in [0.1, 0.15) is 0 Å². The van der Waals surface area contributed by atoms with Crippen molar-refractivity contribution < 1.29 is 18.9 Å². The van der Waals surface area contributed by atoms with E-state index in [1.807, 2.05) is 48.5 Å². The normalized spacial score (nSPS) is 9.00. The summed E-state index contributed by atoms with van der Waals surface area (Å²) in [6.07, 6.45) is 0. The Hall–Kier alpha value is -2.36. The highest BCUT2D eigenvalue weighted by atomic mass is 16.5. The summed E-state index contributed by atoms with van der Waals surface area (Å²) in [5.74, 6) is 3.07. The third kappa shape index (κ3) is 4.39. The maximum absolute atomic E-state index is 5.01. The SMILES string of the molecule is COc1ccccc1OC.COc1ccccc1OC. The lowest BCUT2D eigenvalue weighted by molar-refractivity contribution is 0.355. The second-order valence-corrected chi connectivity index (χ2v) is 3.71. The third-order valence-electron chi connectivity index (χ3n) is 2.58. The molecule has 0 radical (unpaired) electrons. The van der Waals surface area contributed by atoms with Crippen LogP contribution in [-0.4, -0.2) is 28.4 Å². The second kappa shape index (κ2) is 8.69. The Morgan fingerprint density at radius 3 is 0.800 bits per heavy atom. The molecule has 0 spiro atoms. The fourth-order valence-electron chi connectivity index (χ4n) is 1.57. The van der Waals surface area contributed by atoms with Crippen molar-refractivity contribution in [3.8, 4) is 23.0 Å². The molecule has 4 heteroatoms. The zero-order chi connectivity index (χ0) is 14.8. The second-order valence-electron chi connectivity index (χ2n) is 3.71. The lowest BCUT2D eigenvalue weighted by Crippen LogP contribution is -1.88. The highest BCUT2D eigenvalue weighted by Gasteiger charge is 1.98. The summed E-state index contributed by atoms with van der Waals surface area (Å²) in [5.41, 5.74) is 0. The van der Waals surface area contributed by atoms with Gasteiger partial charge in [-0.25, -0.2) is 0 Å². The topological polar surface area (TPSA) is 36.9 Å². The number of para-hydroxylation sites is 4. The van der Waals surface area contributed by atoms with E-state index in [-0.39, 0.29) is 0 Å². The van der Waals surface area contributed by atoms with Crippen LogP contribution in [0.15, 0.2) is 48.5 Å². The standard InChI is InChI=1S/2C8H10O2/c2*1-9-7-5-3-4-6-8(7)10-2/h2*3-6H,1-2H3. The highest BCUT2D eigenvalue weighted by Crippen LogP contribution is 2.25. The van der Waals surface area contributed by atoms with E-state index >= 15 is 0 Å². The van der Waals surface area contributed by atoms with Crippen LogP contribution >= 0.6 is 0 Å². The Bertz CT molecular complexity index is 418. The van der Waals surface area contributed by atoms with Crippen molar-refractivity contribution in [2.24, 2.45) is 0 Å². The maximum Gasteiger partial charge on any atom is 0.160 e. The van der Waals surface area contributed by atoms with Crippen molar-refractivity contribution in [1.29, 1.82) is 0 Å². The first kappa shape index (κ1) is 15.7. The van der Waals surface area contributed by atoms with Gasteiger partial charge in [-0.2, -0.15) is 0 Å². The molecule has 0 saturated carbocycles. The van der Waals surface area contributed by atoms with Crippen molar-refractivity contribution in [2.45, 2.75) is 0 Å². The van der Waals surface area contributed by atoms with E-state index in [2.05, 4.69) is 0 Å². The van der Waals surface area contributed by atoms with Gasteiger partial charge in [-0.1, -0.05) is 24.3 Å². The van der Waals surface area contributed by atoms with Gasteiger partial charge < -0.3 is 18.9 Å². The molecule has 0 atom stereocenters. The Labute approximate surface area is 119 Å². The molecule has 0 N–H and O–H groups in total. The van der Waals surface area contributed by atoms with Crippen LogP contribution in [0.4, 0.5) is 0 Å². The molecule has 0 bridgehead atoms. The van der Waals surface area contributed by atoms with Gasteiger partial charge in [-0.05, 0) is 24.3 Å². The van der Waals surface area contributed by atoms with E-state index in [0.29, 0.717) is 0 Å². The van der Waals surface area contributed by atoms with Gasteiger partial charge in [0.25, 0.3) is 0 Å². The molecular weight excluding hydrogens is 256 g/mol. The van der Waals surface area contributed by atoms with Crippen LogP contribution in [0.2, 0.25) is 0 Å². The Morgan fingerprint density at radius 2 is 0.650 bits per heavy atom. The van der Waals surface area contributed by atoms with Crippen LogP contribution < -0.4 is 18.9 Å². The third-order valence-corrected chi connectivity index (χ3v) is 2.58. The minimum atomic E-state index is 0.769. The van der Waals surface area contributed by atoms with Gasteiger partial charge in [0.15, 0.2) is 23.0 Å². The average molecular weight is 276 g/mol. The largest absolute Gasteiger partial charge is 0.493 e. The molecule has 108 valence electrons. The van der Waals surface area contributed by atoms with Crippen LogP contribution in [-0.2, 0) is 0 Å². The highest BCUT2D eigenvalue weighted by molar-refractivity contribution is 5.39. The molecule has 0 unspecified atom stereocenters. The summed E-state index contributed by atoms with van der Waals surface area (Å²) in [5, 5.41) is 0. The van der Waals surface area contributed by atoms with E-state index in [0.717, 1.165) is 23.0 Å². The van der Waals surface area contributed by atoms with Crippen molar-refractivity contribution in [2.75, 3.05) is 28.4 Å². The molecule has 2 aromatic carbocycles. The lowest BCUT2D eigenvalue weighted by Gasteiger charge is -2.04. The van der Waals surface area contributed by atoms with E-state index < -0.39 is 0 Å². The van der Waals surface area contributed by atoms with Crippen molar-refractivity contribution in [3.63, 3.8) is 0 Å². The van der Waals surface area contributed by atoms with E-state index in [1.165, 1.54) is 0 Å². The van der Waals surface area contributed by atoms with Gasteiger partial charge in [-0.3, -0.25) is 0 Å². The molecule has 2 rings (SSSR count). The molecule has 0 heterocycles. The minimum absolute atomic E-state index is 0.769. The summed E-state index contributed by atoms with van der Waals surface area (Å²) in [7, 11) is 6.49. The van der Waals surface area contributed by atoms with Gasteiger partial charge in [0, 0.05) is 0 Å². The van der Waals surface area contributed by atoms with Gasteiger partial charge in [0.2, 0.25) is 0 Å². The number of hydrogen-bond donors (Lipinski definition) is 0. The number of methoxy groups -OCH3 is 4. The van der Waals surface area contributed by atoms with Crippen LogP contribution in [0.3, 0.4) is 0 Å². The molecule has 2 aromatic rings. The quantitative estimate of drug-likeness (QED) is 0.857. The number of rotatable bonds is 4. The van der Waals surface area contributed by atoms with Gasteiger partial charge in [0.1, 0.15) is 0 Å².